The van der Waals surface area contributed by atoms with Crippen LogP contribution in [0.2, 0.25) is 5.02 Å². The van der Waals surface area contributed by atoms with Gasteiger partial charge in [-0.3, -0.25) is 0 Å². The van der Waals surface area contributed by atoms with E-state index in [0.717, 1.165) is 34.6 Å². The number of halogens is 1. The van der Waals surface area contributed by atoms with Crippen LogP contribution in [0.1, 0.15) is 24.6 Å². The lowest BCUT2D eigenvalue weighted by atomic mass is 9.87. The van der Waals surface area contributed by atoms with Gasteiger partial charge in [0.25, 0.3) is 0 Å². The number of nitrogens with one attached hydrogen (secondary N) is 2. The van der Waals surface area contributed by atoms with E-state index in [4.69, 9.17) is 16.3 Å². The number of fused-ring (bicyclic) bond motifs is 2. The molecule has 0 radical (unpaired) electrons. The van der Waals surface area contributed by atoms with Gasteiger partial charge in [-0.05, 0) is 73.2 Å². The molecule has 0 saturated carbocycles. The van der Waals surface area contributed by atoms with Crippen molar-refractivity contribution in [3.63, 3.8) is 0 Å². The number of H-pyrrole nitrogens is 1. The van der Waals surface area contributed by atoms with Gasteiger partial charge in [0.1, 0.15) is 12.4 Å². The third kappa shape index (κ3) is 4.37. The van der Waals surface area contributed by atoms with E-state index >= 15 is 0 Å². The summed E-state index contributed by atoms with van der Waals surface area (Å²) in [6.07, 6.45) is 5.14. The SMILES string of the molecule is CC1(C[C@H](O)COc2cccc3[nH]ccc23)C=C(c2cc3cc(Cl)ccc3s2)CCN1. The summed E-state index contributed by atoms with van der Waals surface area (Å²) in [7, 11) is 0. The Balaban J connectivity index is 1.30. The molecule has 1 unspecified atom stereocenters. The third-order valence-corrected chi connectivity index (χ3v) is 7.28. The number of aliphatic hydroxyl groups excluding tert-OH is 1. The molecule has 2 atom stereocenters. The maximum Gasteiger partial charge on any atom is 0.128 e. The number of aromatic amines is 1. The highest BCUT2D eigenvalue weighted by Crippen LogP contribution is 2.36. The summed E-state index contributed by atoms with van der Waals surface area (Å²) in [6.45, 7) is 3.28. The number of hydrogen-bond donors (Lipinski definition) is 3. The summed E-state index contributed by atoms with van der Waals surface area (Å²) in [5.41, 5.74) is 2.07. The van der Waals surface area contributed by atoms with Crippen molar-refractivity contribution < 1.29 is 9.84 Å². The summed E-state index contributed by atoms with van der Waals surface area (Å²) in [4.78, 5) is 4.46. The molecule has 6 heteroatoms. The molecule has 0 spiro atoms. The third-order valence-electron chi connectivity index (χ3n) is 5.86. The van der Waals surface area contributed by atoms with Gasteiger partial charge in [-0.1, -0.05) is 23.7 Å². The molecule has 3 N–H and O–H groups in total. The second kappa shape index (κ2) is 8.32. The number of aliphatic hydroxyl groups is 1. The molecule has 4 nitrogen and oxygen atoms in total. The van der Waals surface area contributed by atoms with Crippen molar-refractivity contribution in [2.75, 3.05) is 13.2 Å². The molecule has 2 aromatic heterocycles. The first-order chi connectivity index (χ1) is 15.0. The molecule has 4 aromatic rings. The minimum Gasteiger partial charge on any atom is -0.490 e. The Labute approximate surface area is 190 Å². The fourth-order valence-electron chi connectivity index (χ4n) is 4.41. The maximum absolute atomic E-state index is 10.7. The van der Waals surface area contributed by atoms with Crippen molar-refractivity contribution in [1.82, 2.24) is 10.3 Å². The van der Waals surface area contributed by atoms with Crippen molar-refractivity contribution in [3.05, 3.63) is 70.7 Å². The topological polar surface area (TPSA) is 57.3 Å². The van der Waals surface area contributed by atoms with Gasteiger partial charge >= 0.3 is 0 Å². The lowest BCUT2D eigenvalue weighted by Crippen LogP contribution is -2.47. The van der Waals surface area contributed by atoms with Gasteiger partial charge in [-0.2, -0.15) is 0 Å². The van der Waals surface area contributed by atoms with Crippen molar-refractivity contribution in [2.45, 2.75) is 31.4 Å². The van der Waals surface area contributed by atoms with Crippen LogP contribution in [0.4, 0.5) is 0 Å². The van der Waals surface area contributed by atoms with Crippen LogP contribution < -0.4 is 10.1 Å². The predicted octanol–water partition coefficient (Wildman–Crippen LogP) is 6.00. The molecule has 160 valence electrons. The molecule has 0 saturated heterocycles. The molecule has 2 aromatic carbocycles. The zero-order chi connectivity index (χ0) is 21.4. The second-order valence-electron chi connectivity index (χ2n) is 8.42. The van der Waals surface area contributed by atoms with E-state index in [1.165, 1.54) is 20.5 Å². The van der Waals surface area contributed by atoms with E-state index in [2.05, 4.69) is 35.4 Å². The van der Waals surface area contributed by atoms with Crippen molar-refractivity contribution >= 4 is 49.5 Å². The Hall–Kier alpha value is -2.31. The lowest BCUT2D eigenvalue weighted by molar-refractivity contribution is 0.0822. The zero-order valence-corrected chi connectivity index (χ0v) is 18.9. The first-order valence-corrected chi connectivity index (χ1v) is 11.7. The van der Waals surface area contributed by atoms with Gasteiger partial charge in [-0.25, -0.2) is 0 Å². The van der Waals surface area contributed by atoms with Gasteiger partial charge in [0.05, 0.1) is 6.10 Å². The smallest absolute Gasteiger partial charge is 0.128 e. The number of aromatic nitrogens is 1. The number of benzene rings is 2. The van der Waals surface area contributed by atoms with Gasteiger partial charge in [-0.15, -0.1) is 11.3 Å². The standard InChI is InChI=1S/C25H25ClN2O2S/c1-25(14-19(29)15-30-22-4-2-3-21-20(22)8-9-27-21)13-16(7-10-28-25)24-12-17-11-18(26)5-6-23(17)31-24/h2-6,8-9,11-13,19,27-29H,7,10,14-15H2,1H3/t19-,25?/m0/s1. The number of thiophene rings is 1. The molecular weight excluding hydrogens is 428 g/mol. The lowest BCUT2D eigenvalue weighted by Gasteiger charge is -2.34. The summed E-state index contributed by atoms with van der Waals surface area (Å²) >= 11 is 7.95. The Kier molecular flexibility index (Phi) is 5.52. The average molecular weight is 453 g/mol. The molecular formula is C25H25ClN2O2S. The largest absolute Gasteiger partial charge is 0.490 e. The minimum absolute atomic E-state index is 0.256. The van der Waals surface area contributed by atoms with E-state index in [1.54, 1.807) is 11.3 Å². The molecule has 5 rings (SSSR count). The van der Waals surface area contributed by atoms with Crippen LogP contribution in [0.3, 0.4) is 0 Å². The average Bonchev–Trinajstić information content (AvgIpc) is 3.38. The molecule has 0 aliphatic carbocycles. The van der Waals surface area contributed by atoms with Crippen LogP contribution in [0, 0.1) is 0 Å². The van der Waals surface area contributed by atoms with Gasteiger partial charge < -0.3 is 20.1 Å². The van der Waals surface area contributed by atoms with Crippen LogP contribution >= 0.6 is 22.9 Å². The molecule has 0 bridgehead atoms. The Bertz CT molecular complexity index is 1260. The van der Waals surface area contributed by atoms with Crippen LogP contribution in [0.25, 0.3) is 26.6 Å². The summed E-state index contributed by atoms with van der Waals surface area (Å²) in [5.74, 6) is 0.791. The first kappa shape index (κ1) is 20.6. The quantitative estimate of drug-likeness (QED) is 0.336. The van der Waals surface area contributed by atoms with Crippen LogP contribution in [-0.2, 0) is 0 Å². The van der Waals surface area contributed by atoms with Gasteiger partial charge in [0, 0.05) is 43.8 Å². The van der Waals surface area contributed by atoms with Crippen LogP contribution in [0.5, 0.6) is 5.75 Å². The maximum atomic E-state index is 10.7. The van der Waals surface area contributed by atoms with Gasteiger partial charge in [0.15, 0.2) is 0 Å². The van der Waals surface area contributed by atoms with Gasteiger partial charge in [0.2, 0.25) is 0 Å². The summed E-state index contributed by atoms with van der Waals surface area (Å²) in [5, 5.41) is 17.3. The van der Waals surface area contributed by atoms with E-state index in [1.807, 2.05) is 42.6 Å². The highest BCUT2D eigenvalue weighted by atomic mass is 35.5. The normalized spacial score (nSPS) is 20.2. The Morgan fingerprint density at radius 3 is 3.03 bits per heavy atom. The monoisotopic (exact) mass is 452 g/mol. The number of rotatable bonds is 6. The molecule has 0 fully saturated rings. The second-order valence-corrected chi connectivity index (χ2v) is 9.94. The van der Waals surface area contributed by atoms with E-state index in [-0.39, 0.29) is 12.1 Å². The molecule has 3 heterocycles. The van der Waals surface area contributed by atoms with E-state index in [0.29, 0.717) is 6.42 Å². The minimum atomic E-state index is -0.580. The van der Waals surface area contributed by atoms with Crippen LogP contribution in [0.15, 0.2) is 60.8 Å². The molecule has 0 amide bonds. The Morgan fingerprint density at radius 2 is 2.13 bits per heavy atom. The highest BCUT2D eigenvalue weighted by Gasteiger charge is 2.29. The first-order valence-electron chi connectivity index (χ1n) is 10.5. The van der Waals surface area contributed by atoms with Crippen molar-refractivity contribution in [1.29, 1.82) is 0 Å². The summed E-state index contributed by atoms with van der Waals surface area (Å²) < 4.78 is 7.20. The van der Waals surface area contributed by atoms with E-state index < -0.39 is 6.10 Å². The number of ether oxygens (including phenoxy) is 1. The number of hydrogen-bond acceptors (Lipinski definition) is 4. The molecule has 1 aliphatic heterocycles. The van der Waals surface area contributed by atoms with E-state index in [9.17, 15) is 5.11 Å². The Morgan fingerprint density at radius 1 is 1.23 bits per heavy atom. The van der Waals surface area contributed by atoms with Crippen LogP contribution in [-0.4, -0.2) is 34.9 Å². The molecule has 31 heavy (non-hydrogen) atoms. The molecule has 1 aliphatic rings. The van der Waals surface area contributed by atoms with Crippen molar-refractivity contribution in [3.8, 4) is 5.75 Å². The highest BCUT2D eigenvalue weighted by molar-refractivity contribution is 7.20. The summed E-state index contributed by atoms with van der Waals surface area (Å²) in [6, 6.07) is 16.2. The fraction of sp³-hybridized carbons (Fsp3) is 0.280. The fourth-order valence-corrected chi connectivity index (χ4v) is 5.67. The van der Waals surface area contributed by atoms with Crippen molar-refractivity contribution in [2.24, 2.45) is 0 Å². The predicted molar refractivity (Wildman–Crippen MR) is 130 cm³/mol. The zero-order valence-electron chi connectivity index (χ0n) is 17.3.